The monoisotopic (exact) mass is 261 g/mol. The number of hydrogen-bond acceptors (Lipinski definition) is 3. The third-order valence-corrected chi connectivity index (χ3v) is 2.99. The summed E-state index contributed by atoms with van der Waals surface area (Å²) in [6.07, 6.45) is -0.982. The molecule has 19 heavy (non-hydrogen) atoms. The van der Waals surface area contributed by atoms with Gasteiger partial charge in [0.15, 0.2) is 0 Å². The van der Waals surface area contributed by atoms with Crippen molar-refractivity contribution in [2.75, 3.05) is 12.8 Å². The molecule has 2 aromatic rings. The highest BCUT2D eigenvalue weighted by atomic mass is 19.1. The maximum Gasteiger partial charge on any atom is 0.142 e. The van der Waals surface area contributed by atoms with Gasteiger partial charge < -0.3 is 15.6 Å². The molecule has 0 aliphatic heterocycles. The summed E-state index contributed by atoms with van der Waals surface area (Å²) in [7, 11) is 1.51. The Morgan fingerprint density at radius 2 is 2.00 bits per heavy atom. The molecule has 0 aliphatic carbocycles. The number of nitrogens with two attached hydrogens (primary N) is 1. The molecular weight excluding hydrogens is 245 g/mol. The van der Waals surface area contributed by atoms with E-state index < -0.39 is 6.10 Å². The minimum absolute atomic E-state index is 0.361. The Bertz CT molecular complexity index is 578. The molecular formula is C15H16FNO2. The number of hydrogen-bond donors (Lipinski definition) is 2. The third kappa shape index (κ3) is 2.69. The summed E-state index contributed by atoms with van der Waals surface area (Å²) >= 11 is 0. The molecule has 3 nitrogen and oxygen atoms in total. The van der Waals surface area contributed by atoms with E-state index >= 15 is 0 Å². The fourth-order valence-corrected chi connectivity index (χ4v) is 2.08. The molecule has 100 valence electrons. The Morgan fingerprint density at radius 3 is 2.63 bits per heavy atom. The maximum absolute atomic E-state index is 13.4. The molecule has 0 bridgehead atoms. The summed E-state index contributed by atoms with van der Waals surface area (Å²) in [5.74, 6) is 0.111. The second-order valence-electron chi connectivity index (χ2n) is 4.43. The summed E-state index contributed by atoms with van der Waals surface area (Å²) in [5.41, 5.74) is 8.01. The van der Waals surface area contributed by atoms with Crippen molar-refractivity contribution in [3.8, 4) is 5.75 Å². The van der Waals surface area contributed by atoms with E-state index in [1.54, 1.807) is 31.2 Å². The number of para-hydroxylation sites is 1. The van der Waals surface area contributed by atoms with Crippen LogP contribution in [0.2, 0.25) is 0 Å². The normalized spacial score (nSPS) is 12.2. The van der Waals surface area contributed by atoms with Crippen LogP contribution in [-0.2, 0) is 0 Å². The van der Waals surface area contributed by atoms with Gasteiger partial charge in [0.05, 0.1) is 12.8 Å². The van der Waals surface area contributed by atoms with Crippen molar-refractivity contribution < 1.29 is 14.2 Å². The highest BCUT2D eigenvalue weighted by molar-refractivity contribution is 5.60. The van der Waals surface area contributed by atoms with Gasteiger partial charge in [-0.05, 0) is 36.2 Å². The van der Waals surface area contributed by atoms with Crippen molar-refractivity contribution in [2.45, 2.75) is 13.0 Å². The number of halogens is 1. The van der Waals surface area contributed by atoms with Gasteiger partial charge in [0, 0.05) is 5.56 Å². The lowest BCUT2D eigenvalue weighted by Crippen LogP contribution is -2.06. The van der Waals surface area contributed by atoms with Crippen LogP contribution in [0.25, 0.3) is 0 Å². The van der Waals surface area contributed by atoms with Crippen LogP contribution >= 0.6 is 0 Å². The third-order valence-electron chi connectivity index (χ3n) is 2.99. The molecule has 0 radical (unpaired) electrons. The van der Waals surface area contributed by atoms with E-state index in [9.17, 15) is 9.50 Å². The first-order valence-electron chi connectivity index (χ1n) is 5.90. The highest BCUT2D eigenvalue weighted by Crippen LogP contribution is 2.33. The molecule has 2 aromatic carbocycles. The minimum atomic E-state index is -0.982. The number of nitrogen functional groups attached to an aromatic ring is 1. The fraction of sp³-hybridized carbons (Fsp3) is 0.200. The van der Waals surface area contributed by atoms with Gasteiger partial charge in [-0.1, -0.05) is 18.2 Å². The van der Waals surface area contributed by atoms with Crippen molar-refractivity contribution in [2.24, 2.45) is 0 Å². The largest absolute Gasteiger partial charge is 0.495 e. The molecule has 0 aromatic heterocycles. The van der Waals surface area contributed by atoms with E-state index in [2.05, 4.69) is 0 Å². The zero-order valence-corrected chi connectivity index (χ0v) is 10.9. The van der Waals surface area contributed by atoms with E-state index in [0.29, 0.717) is 22.6 Å². The van der Waals surface area contributed by atoms with E-state index in [1.807, 2.05) is 0 Å². The molecule has 0 fully saturated rings. The standard InChI is InChI=1S/C15H16FNO2/c1-9-6-10(8-11(16)7-9)15(18)12-4-3-5-13(19-2)14(12)17/h3-8,15,18H,17H2,1-2H3. The molecule has 0 saturated carbocycles. The van der Waals surface area contributed by atoms with Gasteiger partial charge in [-0.15, -0.1) is 0 Å². The summed E-state index contributed by atoms with van der Waals surface area (Å²) in [6.45, 7) is 1.77. The van der Waals surface area contributed by atoms with Gasteiger partial charge in [0.2, 0.25) is 0 Å². The first-order valence-corrected chi connectivity index (χ1v) is 5.90. The van der Waals surface area contributed by atoms with Crippen LogP contribution in [-0.4, -0.2) is 12.2 Å². The average Bonchev–Trinajstić information content (AvgIpc) is 2.37. The van der Waals surface area contributed by atoms with Crippen LogP contribution in [0.15, 0.2) is 36.4 Å². The highest BCUT2D eigenvalue weighted by Gasteiger charge is 2.16. The molecule has 0 saturated heterocycles. The van der Waals surface area contributed by atoms with Crippen molar-refractivity contribution in [3.05, 3.63) is 58.9 Å². The van der Waals surface area contributed by atoms with E-state index in [0.717, 1.165) is 5.56 Å². The second kappa shape index (κ2) is 5.28. The Hall–Kier alpha value is -2.07. The van der Waals surface area contributed by atoms with Gasteiger partial charge in [-0.25, -0.2) is 4.39 Å². The molecule has 1 unspecified atom stereocenters. The number of aryl methyl sites for hydroxylation is 1. The number of benzene rings is 2. The van der Waals surface area contributed by atoms with Gasteiger partial charge in [-0.2, -0.15) is 0 Å². The van der Waals surface area contributed by atoms with Crippen LogP contribution in [0, 0.1) is 12.7 Å². The molecule has 2 rings (SSSR count). The number of rotatable bonds is 3. The van der Waals surface area contributed by atoms with Crippen LogP contribution < -0.4 is 10.5 Å². The van der Waals surface area contributed by atoms with E-state index in [4.69, 9.17) is 10.5 Å². The lowest BCUT2D eigenvalue weighted by atomic mass is 9.98. The van der Waals surface area contributed by atoms with Crippen molar-refractivity contribution in [1.29, 1.82) is 0 Å². The molecule has 3 N–H and O–H groups in total. The van der Waals surface area contributed by atoms with Crippen molar-refractivity contribution in [3.63, 3.8) is 0 Å². The van der Waals surface area contributed by atoms with Crippen molar-refractivity contribution >= 4 is 5.69 Å². The Morgan fingerprint density at radius 1 is 1.26 bits per heavy atom. The van der Waals surface area contributed by atoms with Crippen LogP contribution in [0.1, 0.15) is 22.8 Å². The smallest absolute Gasteiger partial charge is 0.142 e. The van der Waals surface area contributed by atoms with Gasteiger partial charge >= 0.3 is 0 Å². The molecule has 0 aliphatic rings. The number of methoxy groups -OCH3 is 1. The van der Waals surface area contributed by atoms with Gasteiger partial charge in [-0.3, -0.25) is 0 Å². The number of aliphatic hydroxyl groups is 1. The van der Waals surface area contributed by atoms with Crippen LogP contribution in [0.3, 0.4) is 0 Å². The molecule has 1 atom stereocenters. The Balaban J connectivity index is 2.46. The van der Waals surface area contributed by atoms with E-state index in [-0.39, 0.29) is 5.82 Å². The number of ether oxygens (including phenoxy) is 1. The zero-order valence-electron chi connectivity index (χ0n) is 10.9. The Kier molecular flexibility index (Phi) is 3.71. The maximum atomic E-state index is 13.4. The van der Waals surface area contributed by atoms with E-state index in [1.165, 1.54) is 19.2 Å². The Labute approximate surface area is 111 Å². The first-order chi connectivity index (χ1) is 9.02. The SMILES string of the molecule is COc1cccc(C(O)c2cc(C)cc(F)c2)c1N. The summed E-state index contributed by atoms with van der Waals surface area (Å²) in [4.78, 5) is 0. The lowest BCUT2D eigenvalue weighted by Gasteiger charge is -2.16. The molecule has 0 spiro atoms. The second-order valence-corrected chi connectivity index (χ2v) is 4.43. The molecule has 0 heterocycles. The number of aliphatic hydroxyl groups excluding tert-OH is 1. The van der Waals surface area contributed by atoms with Crippen LogP contribution in [0.4, 0.5) is 10.1 Å². The van der Waals surface area contributed by atoms with Crippen LogP contribution in [0.5, 0.6) is 5.75 Å². The molecule has 4 heteroatoms. The summed E-state index contributed by atoms with van der Waals surface area (Å²) < 4.78 is 18.5. The minimum Gasteiger partial charge on any atom is -0.495 e. The summed E-state index contributed by atoms with van der Waals surface area (Å²) in [5, 5.41) is 10.3. The first kappa shape index (κ1) is 13.4. The zero-order chi connectivity index (χ0) is 14.0. The number of anilines is 1. The lowest BCUT2D eigenvalue weighted by molar-refractivity contribution is 0.220. The summed E-state index contributed by atoms with van der Waals surface area (Å²) in [6, 6.07) is 9.58. The predicted octanol–water partition coefficient (Wildman–Crippen LogP) is 2.81. The average molecular weight is 261 g/mol. The van der Waals surface area contributed by atoms with Gasteiger partial charge in [0.25, 0.3) is 0 Å². The topological polar surface area (TPSA) is 55.5 Å². The van der Waals surface area contributed by atoms with Gasteiger partial charge in [0.1, 0.15) is 17.7 Å². The quantitative estimate of drug-likeness (QED) is 0.835. The predicted molar refractivity (Wildman–Crippen MR) is 72.6 cm³/mol. The molecule has 0 amide bonds. The fourth-order valence-electron chi connectivity index (χ4n) is 2.08. The van der Waals surface area contributed by atoms with Crippen molar-refractivity contribution in [1.82, 2.24) is 0 Å².